The maximum atomic E-state index is 11.5. The molecule has 0 saturated carbocycles. The second kappa shape index (κ2) is 6.32. The van der Waals surface area contributed by atoms with Crippen LogP contribution in [0.5, 0.6) is 0 Å². The summed E-state index contributed by atoms with van der Waals surface area (Å²) in [6, 6.07) is 1.53. The minimum Gasteiger partial charge on any atom is -0.457 e. The Labute approximate surface area is 102 Å². The summed E-state index contributed by atoms with van der Waals surface area (Å²) >= 11 is 3.09. The quantitative estimate of drug-likeness (QED) is 0.858. The number of furan rings is 1. The van der Waals surface area contributed by atoms with Crippen LogP contribution in [0, 0.1) is 0 Å². The van der Waals surface area contributed by atoms with E-state index in [1.807, 2.05) is 6.92 Å². The molecule has 88 valence electrons. The van der Waals surface area contributed by atoms with Crippen LogP contribution in [0.25, 0.3) is 0 Å². The molecule has 0 aliphatic rings. The summed E-state index contributed by atoms with van der Waals surface area (Å²) in [5, 5.41) is 5.15. The molecule has 1 aromatic rings. The molecule has 2 amide bonds. The van der Waals surface area contributed by atoms with Gasteiger partial charge in [-0.3, -0.25) is 9.59 Å². The Morgan fingerprint density at radius 1 is 1.44 bits per heavy atom. The number of carbonyl (C=O) groups excluding carboxylic acids is 2. The summed E-state index contributed by atoms with van der Waals surface area (Å²) in [6.07, 6.45) is 2.27. The van der Waals surface area contributed by atoms with Gasteiger partial charge < -0.3 is 15.1 Å². The van der Waals surface area contributed by atoms with Crippen LogP contribution >= 0.6 is 15.9 Å². The van der Waals surface area contributed by atoms with Gasteiger partial charge in [0.1, 0.15) is 0 Å². The van der Waals surface area contributed by atoms with E-state index in [9.17, 15) is 9.59 Å². The van der Waals surface area contributed by atoms with Crippen LogP contribution in [0.15, 0.2) is 21.4 Å². The fraction of sp³-hybridized carbons (Fsp3) is 0.400. The molecule has 0 spiro atoms. The highest BCUT2D eigenvalue weighted by Gasteiger charge is 2.12. The van der Waals surface area contributed by atoms with Gasteiger partial charge in [-0.2, -0.15) is 0 Å². The summed E-state index contributed by atoms with van der Waals surface area (Å²) in [7, 11) is 0. The Morgan fingerprint density at radius 2 is 2.19 bits per heavy atom. The molecule has 0 saturated heterocycles. The average Bonchev–Trinajstić information content (AvgIpc) is 2.69. The molecule has 0 unspecified atom stereocenters. The molecular weight excluding hydrogens is 276 g/mol. The first-order valence-electron chi connectivity index (χ1n) is 4.93. The minimum atomic E-state index is -0.340. The highest BCUT2D eigenvalue weighted by Crippen LogP contribution is 2.16. The zero-order valence-electron chi connectivity index (χ0n) is 8.88. The van der Waals surface area contributed by atoms with Gasteiger partial charge in [-0.15, -0.1) is 0 Å². The second-order valence-corrected chi connectivity index (χ2v) is 3.86. The van der Waals surface area contributed by atoms with Gasteiger partial charge in [0.25, 0.3) is 5.91 Å². The molecule has 0 atom stereocenters. The van der Waals surface area contributed by atoms with Crippen molar-refractivity contribution in [3.8, 4) is 0 Å². The van der Waals surface area contributed by atoms with Crippen molar-refractivity contribution in [2.45, 2.75) is 13.3 Å². The number of hydrogen-bond acceptors (Lipinski definition) is 3. The van der Waals surface area contributed by atoms with Crippen LogP contribution in [0.2, 0.25) is 0 Å². The maximum absolute atomic E-state index is 11.5. The topological polar surface area (TPSA) is 71.3 Å². The normalized spacial score (nSPS) is 9.88. The van der Waals surface area contributed by atoms with Crippen LogP contribution in [-0.2, 0) is 4.79 Å². The van der Waals surface area contributed by atoms with Crippen molar-refractivity contribution in [2.75, 3.05) is 13.1 Å². The molecule has 0 aliphatic carbocycles. The van der Waals surface area contributed by atoms with E-state index in [0.29, 0.717) is 16.8 Å². The van der Waals surface area contributed by atoms with Crippen molar-refractivity contribution in [2.24, 2.45) is 0 Å². The number of halogens is 1. The molecule has 16 heavy (non-hydrogen) atoms. The third kappa shape index (κ3) is 3.69. The second-order valence-electron chi connectivity index (χ2n) is 3.14. The lowest BCUT2D eigenvalue weighted by Crippen LogP contribution is -2.37. The van der Waals surface area contributed by atoms with Crippen molar-refractivity contribution >= 4 is 27.7 Å². The van der Waals surface area contributed by atoms with Gasteiger partial charge in [-0.25, -0.2) is 0 Å². The fourth-order valence-corrected chi connectivity index (χ4v) is 1.46. The molecule has 0 aromatic carbocycles. The first-order valence-corrected chi connectivity index (χ1v) is 5.72. The zero-order valence-corrected chi connectivity index (χ0v) is 10.5. The molecule has 0 bridgehead atoms. The van der Waals surface area contributed by atoms with Gasteiger partial charge in [0, 0.05) is 6.54 Å². The molecule has 0 aliphatic heterocycles. The number of nitrogens with one attached hydrogen (secondary N) is 2. The Hall–Kier alpha value is -1.30. The van der Waals surface area contributed by atoms with Gasteiger partial charge >= 0.3 is 0 Å². The van der Waals surface area contributed by atoms with Crippen LogP contribution in [-0.4, -0.2) is 24.9 Å². The predicted molar refractivity (Wildman–Crippen MR) is 62.0 cm³/mol. The number of hydrogen-bond donors (Lipinski definition) is 2. The van der Waals surface area contributed by atoms with Crippen LogP contribution in [0.4, 0.5) is 0 Å². The van der Waals surface area contributed by atoms with Crippen molar-refractivity contribution in [3.63, 3.8) is 0 Å². The molecule has 0 fully saturated rings. The van der Waals surface area contributed by atoms with E-state index in [2.05, 4.69) is 26.6 Å². The lowest BCUT2D eigenvalue weighted by molar-refractivity contribution is -0.120. The summed E-state index contributed by atoms with van der Waals surface area (Å²) in [5.74, 6) is -0.540. The van der Waals surface area contributed by atoms with E-state index in [0.717, 1.165) is 6.42 Å². The van der Waals surface area contributed by atoms with E-state index in [1.54, 1.807) is 0 Å². The smallest absolute Gasteiger partial charge is 0.256 e. The number of rotatable bonds is 5. The van der Waals surface area contributed by atoms with Crippen molar-refractivity contribution in [1.29, 1.82) is 0 Å². The highest BCUT2D eigenvalue weighted by molar-refractivity contribution is 9.10. The molecule has 2 N–H and O–H groups in total. The molecular formula is C10H13BrN2O3. The predicted octanol–water partition coefficient (Wildman–Crippen LogP) is 1.30. The third-order valence-electron chi connectivity index (χ3n) is 1.84. The molecule has 1 aromatic heterocycles. The van der Waals surface area contributed by atoms with Crippen molar-refractivity contribution in [1.82, 2.24) is 10.6 Å². The Bertz CT molecular complexity index is 376. The Morgan fingerprint density at radius 3 is 2.75 bits per heavy atom. The van der Waals surface area contributed by atoms with Crippen molar-refractivity contribution < 1.29 is 14.0 Å². The van der Waals surface area contributed by atoms with Gasteiger partial charge in [0.2, 0.25) is 5.91 Å². The minimum absolute atomic E-state index is 0.0313. The van der Waals surface area contributed by atoms with Gasteiger partial charge in [0.05, 0.1) is 18.4 Å². The van der Waals surface area contributed by atoms with E-state index in [-0.39, 0.29) is 18.4 Å². The summed E-state index contributed by atoms with van der Waals surface area (Å²) in [6.45, 7) is 2.54. The molecule has 5 nitrogen and oxygen atoms in total. The first kappa shape index (κ1) is 12.8. The van der Waals surface area contributed by atoms with Gasteiger partial charge in [-0.05, 0) is 28.4 Å². The van der Waals surface area contributed by atoms with E-state index >= 15 is 0 Å². The Kier molecular flexibility index (Phi) is 5.04. The van der Waals surface area contributed by atoms with Crippen LogP contribution < -0.4 is 10.6 Å². The number of amides is 2. The lowest BCUT2D eigenvalue weighted by Gasteiger charge is -2.04. The van der Waals surface area contributed by atoms with E-state index in [4.69, 9.17) is 4.42 Å². The lowest BCUT2D eigenvalue weighted by atomic mass is 10.3. The Balaban J connectivity index is 2.36. The monoisotopic (exact) mass is 288 g/mol. The third-order valence-corrected chi connectivity index (χ3v) is 2.46. The van der Waals surface area contributed by atoms with Crippen molar-refractivity contribution in [3.05, 3.63) is 22.6 Å². The summed E-state index contributed by atoms with van der Waals surface area (Å²) in [4.78, 5) is 22.7. The SMILES string of the molecule is CCCNC(=O)CNC(=O)c1ccoc1Br. The van der Waals surface area contributed by atoms with Crippen LogP contribution in [0.3, 0.4) is 0 Å². The average molecular weight is 289 g/mol. The highest BCUT2D eigenvalue weighted by atomic mass is 79.9. The fourth-order valence-electron chi connectivity index (χ4n) is 1.04. The van der Waals surface area contributed by atoms with E-state index in [1.165, 1.54) is 12.3 Å². The summed E-state index contributed by atoms with van der Waals surface area (Å²) < 4.78 is 5.27. The zero-order chi connectivity index (χ0) is 12.0. The molecule has 1 heterocycles. The maximum Gasteiger partial charge on any atom is 0.256 e. The van der Waals surface area contributed by atoms with Crippen LogP contribution in [0.1, 0.15) is 23.7 Å². The largest absolute Gasteiger partial charge is 0.457 e. The summed E-state index contributed by atoms with van der Waals surface area (Å²) in [5.41, 5.74) is 0.378. The molecule has 6 heteroatoms. The number of carbonyl (C=O) groups is 2. The standard InChI is InChI=1S/C10H13BrN2O3/c1-2-4-12-8(14)6-13-10(15)7-3-5-16-9(7)11/h3,5H,2,4,6H2,1H3,(H,12,14)(H,13,15). The first-order chi connectivity index (χ1) is 7.65. The molecule has 1 rings (SSSR count). The molecule has 0 radical (unpaired) electrons. The van der Waals surface area contributed by atoms with Gasteiger partial charge in [-0.1, -0.05) is 6.92 Å². The van der Waals surface area contributed by atoms with Gasteiger partial charge in [0.15, 0.2) is 4.67 Å². The van der Waals surface area contributed by atoms with E-state index < -0.39 is 0 Å².